The van der Waals surface area contributed by atoms with E-state index in [4.69, 9.17) is 0 Å². The first kappa shape index (κ1) is 18.3. The van der Waals surface area contributed by atoms with Crippen LogP contribution >= 0.6 is 0 Å². The molecule has 0 aromatic heterocycles. The largest absolute Gasteiger partial charge is 0.375 e. The Morgan fingerprint density at radius 2 is 1.77 bits per heavy atom. The number of halogens is 1. The Kier molecular flexibility index (Phi) is 5.19. The fourth-order valence-electron chi connectivity index (χ4n) is 2.86. The Morgan fingerprint density at radius 3 is 2.38 bits per heavy atom. The van der Waals surface area contributed by atoms with E-state index in [1.165, 1.54) is 16.4 Å². The summed E-state index contributed by atoms with van der Waals surface area (Å²) in [4.78, 5) is 10.6. The van der Waals surface area contributed by atoms with E-state index >= 15 is 0 Å². The van der Waals surface area contributed by atoms with Gasteiger partial charge in [0.15, 0.2) is 0 Å². The molecule has 7 nitrogen and oxygen atoms in total. The maximum Gasteiger partial charge on any atom is 0.292 e. The van der Waals surface area contributed by atoms with Crippen molar-refractivity contribution in [1.29, 1.82) is 0 Å². The van der Waals surface area contributed by atoms with Gasteiger partial charge in [-0.25, -0.2) is 12.8 Å². The number of nitro groups is 1. The first-order valence-corrected chi connectivity index (χ1v) is 9.59. The number of nitrogens with one attached hydrogen (secondary N) is 1. The summed E-state index contributed by atoms with van der Waals surface area (Å²) in [5.41, 5.74) is 0.576. The predicted molar refractivity (Wildman–Crippen MR) is 94.8 cm³/mol. The molecule has 1 fully saturated rings. The van der Waals surface area contributed by atoms with Crippen LogP contribution in [0.4, 0.5) is 15.8 Å². The molecule has 0 radical (unpaired) electrons. The molecule has 0 bridgehead atoms. The van der Waals surface area contributed by atoms with E-state index in [0.717, 1.165) is 36.6 Å². The summed E-state index contributed by atoms with van der Waals surface area (Å²) in [6.07, 6.45) is 1.74. The maximum atomic E-state index is 13.3. The van der Waals surface area contributed by atoms with Gasteiger partial charge in [-0.2, -0.15) is 4.31 Å². The summed E-state index contributed by atoms with van der Waals surface area (Å²) in [6, 6.07) is 9.51. The van der Waals surface area contributed by atoms with Gasteiger partial charge in [0.1, 0.15) is 11.5 Å². The molecule has 0 saturated carbocycles. The van der Waals surface area contributed by atoms with Gasteiger partial charge < -0.3 is 5.32 Å². The topological polar surface area (TPSA) is 92.5 Å². The monoisotopic (exact) mass is 379 g/mol. The van der Waals surface area contributed by atoms with Crippen molar-refractivity contribution in [3.05, 3.63) is 64.0 Å². The highest BCUT2D eigenvalue weighted by Gasteiger charge is 2.26. The molecule has 1 aliphatic rings. The van der Waals surface area contributed by atoms with Crippen LogP contribution in [0, 0.1) is 15.9 Å². The van der Waals surface area contributed by atoms with Crippen LogP contribution in [0.1, 0.15) is 18.4 Å². The highest BCUT2D eigenvalue weighted by Crippen LogP contribution is 2.26. The van der Waals surface area contributed by atoms with Crippen LogP contribution in [-0.4, -0.2) is 30.7 Å². The summed E-state index contributed by atoms with van der Waals surface area (Å²) in [7, 11) is -3.47. The highest BCUT2D eigenvalue weighted by molar-refractivity contribution is 7.89. The van der Waals surface area contributed by atoms with E-state index in [-0.39, 0.29) is 22.8 Å². The molecule has 0 atom stereocenters. The number of hydrogen-bond donors (Lipinski definition) is 1. The summed E-state index contributed by atoms with van der Waals surface area (Å²) >= 11 is 0. The van der Waals surface area contributed by atoms with E-state index in [0.29, 0.717) is 13.1 Å². The van der Waals surface area contributed by atoms with Gasteiger partial charge >= 0.3 is 0 Å². The maximum absolute atomic E-state index is 13.3. The van der Waals surface area contributed by atoms with Crippen LogP contribution in [0.25, 0.3) is 0 Å². The molecule has 26 heavy (non-hydrogen) atoms. The molecule has 9 heteroatoms. The van der Waals surface area contributed by atoms with Crippen molar-refractivity contribution in [2.24, 2.45) is 0 Å². The average molecular weight is 379 g/mol. The Morgan fingerprint density at radius 1 is 1.12 bits per heavy atom. The fraction of sp³-hybridized carbons (Fsp3) is 0.294. The zero-order valence-electron chi connectivity index (χ0n) is 13.9. The predicted octanol–water partition coefficient (Wildman–Crippen LogP) is 3.13. The molecule has 1 heterocycles. The third-order valence-corrected chi connectivity index (χ3v) is 6.18. The van der Waals surface area contributed by atoms with Gasteiger partial charge in [0.25, 0.3) is 5.69 Å². The summed E-state index contributed by atoms with van der Waals surface area (Å²) in [5, 5.41) is 13.8. The second-order valence-electron chi connectivity index (χ2n) is 6.03. The van der Waals surface area contributed by atoms with Crippen molar-refractivity contribution < 1.29 is 17.7 Å². The average Bonchev–Trinajstić information content (AvgIpc) is 3.15. The lowest BCUT2D eigenvalue weighted by Crippen LogP contribution is -2.27. The second-order valence-corrected chi connectivity index (χ2v) is 7.97. The van der Waals surface area contributed by atoms with Gasteiger partial charge in [0.05, 0.1) is 9.82 Å². The lowest BCUT2D eigenvalue weighted by molar-refractivity contribution is -0.384. The number of hydrogen-bond acceptors (Lipinski definition) is 5. The summed E-state index contributed by atoms with van der Waals surface area (Å²) in [5.74, 6) is -0.579. The summed E-state index contributed by atoms with van der Waals surface area (Å²) in [6.45, 7) is 1.28. The van der Waals surface area contributed by atoms with Gasteiger partial charge in [-0.05, 0) is 36.6 Å². The molecule has 1 aliphatic heterocycles. The van der Waals surface area contributed by atoms with Gasteiger partial charge in [-0.15, -0.1) is 0 Å². The van der Waals surface area contributed by atoms with E-state index in [1.807, 2.05) is 0 Å². The number of nitrogens with zero attached hydrogens (tertiary/aromatic N) is 2. The molecule has 0 unspecified atom stereocenters. The van der Waals surface area contributed by atoms with Crippen molar-refractivity contribution >= 4 is 21.4 Å². The Bertz CT molecular complexity index is 910. The first-order chi connectivity index (χ1) is 12.4. The number of sulfonamides is 1. The SMILES string of the molecule is O=[N+]([O-])c1ccc(F)cc1NCc1ccc(S(=O)(=O)N2CCCC2)cc1. The second kappa shape index (κ2) is 7.38. The van der Waals surface area contributed by atoms with Crippen LogP contribution in [0.3, 0.4) is 0 Å². The lowest BCUT2D eigenvalue weighted by Gasteiger charge is -2.15. The minimum absolute atomic E-state index is 0.0729. The van der Waals surface area contributed by atoms with E-state index < -0.39 is 20.8 Å². The van der Waals surface area contributed by atoms with Crippen LogP contribution in [0.5, 0.6) is 0 Å². The normalized spacial score (nSPS) is 15.1. The third kappa shape index (κ3) is 3.83. The number of nitro benzene ring substituents is 1. The van der Waals surface area contributed by atoms with Gasteiger partial charge in [0, 0.05) is 31.8 Å². The Balaban J connectivity index is 1.73. The van der Waals surface area contributed by atoms with Crippen molar-refractivity contribution in [2.45, 2.75) is 24.3 Å². The van der Waals surface area contributed by atoms with Crippen molar-refractivity contribution in [1.82, 2.24) is 4.31 Å². The van der Waals surface area contributed by atoms with Crippen molar-refractivity contribution in [2.75, 3.05) is 18.4 Å². The Hall–Kier alpha value is -2.52. The van der Waals surface area contributed by atoms with Crippen LogP contribution in [0.2, 0.25) is 0 Å². The van der Waals surface area contributed by atoms with Crippen LogP contribution in [-0.2, 0) is 16.6 Å². The molecule has 0 aliphatic carbocycles. The number of benzene rings is 2. The molecule has 2 aromatic carbocycles. The molecule has 1 N–H and O–H groups in total. The molecule has 138 valence electrons. The summed E-state index contributed by atoms with van der Waals surface area (Å²) < 4.78 is 39.8. The third-order valence-electron chi connectivity index (χ3n) is 4.26. The molecule has 3 rings (SSSR count). The minimum atomic E-state index is -3.47. The molecular weight excluding hydrogens is 361 g/mol. The fourth-order valence-corrected chi connectivity index (χ4v) is 4.38. The Labute approximate surface area is 150 Å². The smallest absolute Gasteiger partial charge is 0.292 e. The van der Waals surface area contributed by atoms with E-state index in [9.17, 15) is 22.9 Å². The molecule has 1 saturated heterocycles. The first-order valence-electron chi connectivity index (χ1n) is 8.15. The lowest BCUT2D eigenvalue weighted by atomic mass is 10.2. The highest BCUT2D eigenvalue weighted by atomic mass is 32.2. The molecule has 0 spiro atoms. The van der Waals surface area contributed by atoms with E-state index in [2.05, 4.69) is 5.32 Å². The van der Waals surface area contributed by atoms with Gasteiger partial charge in [-0.3, -0.25) is 10.1 Å². The zero-order chi connectivity index (χ0) is 18.7. The van der Waals surface area contributed by atoms with Crippen molar-refractivity contribution in [3.63, 3.8) is 0 Å². The van der Waals surface area contributed by atoms with E-state index in [1.54, 1.807) is 12.1 Å². The molecular formula is C17H18FN3O4S. The van der Waals surface area contributed by atoms with Crippen molar-refractivity contribution in [3.8, 4) is 0 Å². The molecule has 0 amide bonds. The quantitative estimate of drug-likeness (QED) is 0.615. The minimum Gasteiger partial charge on any atom is -0.375 e. The van der Waals surface area contributed by atoms with Crippen LogP contribution < -0.4 is 5.32 Å². The van der Waals surface area contributed by atoms with Gasteiger partial charge in [-0.1, -0.05) is 12.1 Å². The standard InChI is InChI=1S/C17H18FN3O4S/c18-14-5-8-17(21(22)23)16(11-14)19-12-13-3-6-15(7-4-13)26(24,25)20-9-1-2-10-20/h3-8,11,19H,1-2,9-10,12H2. The number of rotatable bonds is 6. The molecule has 2 aromatic rings. The zero-order valence-corrected chi connectivity index (χ0v) is 14.7. The number of anilines is 1. The van der Waals surface area contributed by atoms with Crippen LogP contribution in [0.15, 0.2) is 47.4 Å². The van der Waals surface area contributed by atoms with Gasteiger partial charge in [0.2, 0.25) is 10.0 Å².